The Kier molecular flexibility index (Phi) is 1.92. The Bertz CT molecular complexity index is 203. The Balaban J connectivity index is 2.89. The molecule has 1 atom stereocenters. The van der Waals surface area contributed by atoms with Gasteiger partial charge >= 0.3 is 0 Å². The van der Waals surface area contributed by atoms with E-state index < -0.39 is 6.10 Å². The van der Waals surface area contributed by atoms with Crippen LogP contribution in [0.1, 0.15) is 11.7 Å². The van der Waals surface area contributed by atoms with Crippen LogP contribution in [0.25, 0.3) is 0 Å². The summed E-state index contributed by atoms with van der Waals surface area (Å²) in [6, 6.07) is 6.99. The molecule has 53 valence electrons. The maximum atomic E-state index is 8.96. The van der Waals surface area contributed by atoms with Gasteiger partial charge in [-0.2, -0.15) is 0 Å². The molecule has 3 N–H and O–H groups in total. The lowest BCUT2D eigenvalue weighted by Crippen LogP contribution is -1.91. The number of hydrogen-bond acceptors (Lipinski definition) is 2. The minimum absolute atomic E-state index is 0.652. The van der Waals surface area contributed by atoms with Crippen LogP contribution in [0.3, 0.4) is 0 Å². The summed E-state index contributed by atoms with van der Waals surface area (Å²) in [6.07, 6.45) is -0.652. The van der Waals surface area contributed by atoms with E-state index in [1.54, 1.807) is 24.3 Å². The van der Waals surface area contributed by atoms with Gasteiger partial charge in [-0.3, -0.25) is 0 Å². The van der Waals surface area contributed by atoms with E-state index in [0.29, 0.717) is 5.69 Å². The van der Waals surface area contributed by atoms with Crippen LogP contribution >= 0.6 is 0 Å². The summed E-state index contributed by atoms with van der Waals surface area (Å²) in [4.78, 5) is 0. The topological polar surface area (TPSA) is 46.2 Å². The second-order valence-corrected chi connectivity index (χ2v) is 2.18. The quantitative estimate of drug-likeness (QED) is 0.568. The van der Waals surface area contributed by atoms with Crippen molar-refractivity contribution in [2.24, 2.45) is 0 Å². The average molecular weight is 136 g/mol. The van der Waals surface area contributed by atoms with Crippen molar-refractivity contribution in [3.63, 3.8) is 0 Å². The van der Waals surface area contributed by atoms with Crippen molar-refractivity contribution in [2.45, 2.75) is 6.10 Å². The summed E-state index contributed by atoms with van der Waals surface area (Å²) in [6.45, 7) is 3.45. The van der Waals surface area contributed by atoms with Gasteiger partial charge in [0.25, 0.3) is 0 Å². The Morgan fingerprint density at radius 3 is 2.20 bits per heavy atom. The summed E-state index contributed by atoms with van der Waals surface area (Å²) in [5, 5.41) is 8.96. The van der Waals surface area contributed by atoms with Gasteiger partial charge in [0, 0.05) is 5.69 Å². The summed E-state index contributed by atoms with van der Waals surface area (Å²) in [5.74, 6) is 0. The number of aliphatic hydroxyl groups excluding tert-OH is 1. The lowest BCUT2D eigenvalue weighted by molar-refractivity contribution is 0.226. The van der Waals surface area contributed by atoms with E-state index in [1.165, 1.54) is 0 Å². The number of benzene rings is 1. The van der Waals surface area contributed by atoms with Gasteiger partial charge in [0.15, 0.2) is 0 Å². The first-order chi connectivity index (χ1) is 4.70. The van der Waals surface area contributed by atoms with Gasteiger partial charge < -0.3 is 10.8 Å². The van der Waals surface area contributed by atoms with E-state index >= 15 is 0 Å². The van der Waals surface area contributed by atoms with Gasteiger partial charge in [-0.15, -0.1) is 0 Å². The predicted molar refractivity (Wildman–Crippen MR) is 41.2 cm³/mol. The van der Waals surface area contributed by atoms with Crippen LogP contribution < -0.4 is 5.73 Å². The van der Waals surface area contributed by atoms with Crippen molar-refractivity contribution in [2.75, 3.05) is 5.73 Å². The number of rotatable bonds is 1. The van der Waals surface area contributed by atoms with E-state index in [2.05, 4.69) is 6.92 Å². The predicted octanol–water partition coefficient (Wildman–Crippen LogP) is 1.14. The molecule has 0 aliphatic carbocycles. The normalized spacial score (nSPS) is 13.0. The Labute approximate surface area is 60.3 Å². The number of nitrogens with two attached hydrogens (primary N) is 1. The highest BCUT2D eigenvalue weighted by Crippen LogP contribution is 2.12. The van der Waals surface area contributed by atoms with Gasteiger partial charge in [-0.05, 0) is 24.6 Å². The fraction of sp³-hybridized carbons (Fsp3) is 0.125. The zero-order chi connectivity index (χ0) is 7.56. The Morgan fingerprint density at radius 2 is 1.80 bits per heavy atom. The van der Waals surface area contributed by atoms with Crippen molar-refractivity contribution >= 4 is 5.69 Å². The maximum Gasteiger partial charge on any atom is 0.0791 e. The first kappa shape index (κ1) is 7.09. The van der Waals surface area contributed by atoms with Crippen LogP contribution in [0.4, 0.5) is 5.69 Å². The van der Waals surface area contributed by atoms with Crippen molar-refractivity contribution < 1.29 is 5.11 Å². The van der Waals surface area contributed by atoms with E-state index in [4.69, 9.17) is 10.8 Å². The first-order valence-corrected chi connectivity index (χ1v) is 3.07. The first-order valence-electron chi connectivity index (χ1n) is 3.07. The minimum atomic E-state index is -0.652. The number of hydrogen-bond donors (Lipinski definition) is 2. The lowest BCUT2D eigenvalue weighted by atomic mass is 10.1. The van der Waals surface area contributed by atoms with Gasteiger partial charge in [-0.25, -0.2) is 0 Å². The fourth-order valence-corrected chi connectivity index (χ4v) is 0.718. The molecule has 1 aromatic rings. The van der Waals surface area contributed by atoms with Crippen molar-refractivity contribution in [1.29, 1.82) is 0 Å². The summed E-state index contributed by atoms with van der Waals surface area (Å²) >= 11 is 0. The largest absolute Gasteiger partial charge is 0.399 e. The molecule has 0 aromatic heterocycles. The van der Waals surface area contributed by atoms with Crippen molar-refractivity contribution in [3.8, 4) is 0 Å². The minimum Gasteiger partial charge on any atom is -0.399 e. The Hall–Kier alpha value is -1.02. The molecule has 0 heterocycles. The highest BCUT2D eigenvalue weighted by Gasteiger charge is 1.97. The molecular formula is C8H10NO. The van der Waals surface area contributed by atoms with E-state index in [1.807, 2.05) is 0 Å². The van der Waals surface area contributed by atoms with Crippen LogP contribution in [-0.2, 0) is 0 Å². The van der Waals surface area contributed by atoms with Gasteiger partial charge in [0.2, 0.25) is 0 Å². The zero-order valence-corrected chi connectivity index (χ0v) is 5.62. The standard InChI is InChI=1S/C8H10NO/c1-6(10)7-2-4-8(9)5-3-7/h2-6,10H,1,9H2/t6-/m1/s1. The third-order valence-electron chi connectivity index (χ3n) is 1.32. The molecule has 1 aromatic carbocycles. The molecule has 0 spiro atoms. The number of aliphatic hydroxyl groups is 1. The fourth-order valence-electron chi connectivity index (χ4n) is 0.718. The molecule has 0 unspecified atom stereocenters. The van der Waals surface area contributed by atoms with E-state index in [-0.39, 0.29) is 0 Å². The highest BCUT2D eigenvalue weighted by molar-refractivity contribution is 5.39. The van der Waals surface area contributed by atoms with Crippen LogP contribution in [0.5, 0.6) is 0 Å². The summed E-state index contributed by atoms with van der Waals surface area (Å²) in [7, 11) is 0. The molecule has 2 nitrogen and oxygen atoms in total. The third-order valence-corrected chi connectivity index (χ3v) is 1.32. The second-order valence-electron chi connectivity index (χ2n) is 2.18. The number of anilines is 1. The van der Waals surface area contributed by atoms with Crippen molar-refractivity contribution in [1.82, 2.24) is 0 Å². The van der Waals surface area contributed by atoms with Crippen LogP contribution in [0.15, 0.2) is 24.3 Å². The molecule has 0 aliphatic rings. The third kappa shape index (κ3) is 1.48. The highest BCUT2D eigenvalue weighted by atomic mass is 16.3. The molecular weight excluding hydrogens is 126 g/mol. The molecule has 0 aliphatic heterocycles. The molecule has 0 amide bonds. The van der Waals surface area contributed by atoms with Crippen LogP contribution in [0.2, 0.25) is 0 Å². The number of nitrogen functional groups attached to an aromatic ring is 1. The van der Waals surface area contributed by atoms with Gasteiger partial charge in [0.05, 0.1) is 6.10 Å². The molecule has 0 saturated heterocycles. The van der Waals surface area contributed by atoms with Gasteiger partial charge in [-0.1, -0.05) is 12.1 Å². The lowest BCUT2D eigenvalue weighted by Gasteiger charge is -2.02. The smallest absolute Gasteiger partial charge is 0.0791 e. The molecule has 0 fully saturated rings. The SMILES string of the molecule is [CH2][C@@H](O)c1ccc(N)cc1. The molecule has 0 saturated carbocycles. The molecule has 0 bridgehead atoms. The summed E-state index contributed by atoms with van der Waals surface area (Å²) in [5.41, 5.74) is 6.91. The molecule has 10 heavy (non-hydrogen) atoms. The van der Waals surface area contributed by atoms with Gasteiger partial charge in [0.1, 0.15) is 0 Å². The maximum absolute atomic E-state index is 8.96. The van der Waals surface area contributed by atoms with Crippen molar-refractivity contribution in [3.05, 3.63) is 36.8 Å². The molecule has 1 rings (SSSR count). The Morgan fingerprint density at radius 1 is 1.30 bits per heavy atom. The second kappa shape index (κ2) is 2.71. The average Bonchev–Trinajstić information content (AvgIpc) is 1.88. The van der Waals surface area contributed by atoms with Crippen LogP contribution in [-0.4, -0.2) is 5.11 Å². The molecule has 1 radical (unpaired) electrons. The zero-order valence-electron chi connectivity index (χ0n) is 5.62. The summed E-state index contributed by atoms with van der Waals surface area (Å²) < 4.78 is 0. The van der Waals surface area contributed by atoms with E-state index in [0.717, 1.165) is 5.56 Å². The van der Waals surface area contributed by atoms with E-state index in [9.17, 15) is 0 Å². The monoisotopic (exact) mass is 136 g/mol. The molecule has 2 heteroatoms. The van der Waals surface area contributed by atoms with Crippen LogP contribution in [0, 0.1) is 6.92 Å².